The number of rotatable bonds is 7. The molecule has 0 radical (unpaired) electrons. The second kappa shape index (κ2) is 8.52. The van der Waals surface area contributed by atoms with E-state index in [-0.39, 0.29) is 23.7 Å². The largest absolute Gasteiger partial charge is 0.368 e. The van der Waals surface area contributed by atoms with E-state index < -0.39 is 0 Å². The Labute approximate surface area is 174 Å². The van der Waals surface area contributed by atoms with Crippen molar-refractivity contribution < 1.29 is 9.18 Å². The number of benzene rings is 1. The van der Waals surface area contributed by atoms with E-state index in [1.54, 1.807) is 30.7 Å². The normalized spacial score (nSPS) is 16.7. The van der Waals surface area contributed by atoms with Crippen LogP contribution in [0.25, 0.3) is 0 Å². The molecule has 8 heteroatoms. The molecular weight excluding hydrogens is 383 g/mol. The van der Waals surface area contributed by atoms with E-state index in [2.05, 4.69) is 16.9 Å². The number of carbonyl (C=O) groups is 1. The van der Waals surface area contributed by atoms with Crippen LogP contribution in [0.3, 0.4) is 0 Å². The van der Waals surface area contributed by atoms with Crippen LogP contribution in [0.1, 0.15) is 42.0 Å². The number of anilines is 1. The van der Waals surface area contributed by atoms with Crippen LogP contribution >= 0.6 is 0 Å². The molecule has 30 heavy (non-hydrogen) atoms. The maximum Gasteiger partial charge on any atom is 0.240 e. The Morgan fingerprint density at radius 3 is 2.67 bits per heavy atom. The van der Waals surface area contributed by atoms with Crippen molar-refractivity contribution in [3.63, 3.8) is 0 Å². The summed E-state index contributed by atoms with van der Waals surface area (Å²) in [6.45, 7) is 2.78. The van der Waals surface area contributed by atoms with Crippen LogP contribution in [0.5, 0.6) is 0 Å². The van der Waals surface area contributed by atoms with Crippen molar-refractivity contribution in [1.29, 1.82) is 0 Å². The molecule has 3 heterocycles. The van der Waals surface area contributed by atoms with Crippen LogP contribution in [0, 0.1) is 5.82 Å². The highest BCUT2D eigenvalue weighted by atomic mass is 19.1. The Hall–Kier alpha value is -3.42. The van der Waals surface area contributed by atoms with Gasteiger partial charge in [-0.2, -0.15) is 0 Å². The summed E-state index contributed by atoms with van der Waals surface area (Å²) in [6.07, 6.45) is 6.80. The van der Waals surface area contributed by atoms with Gasteiger partial charge in [0.15, 0.2) is 0 Å². The minimum absolute atomic E-state index is 0.105. The molecule has 2 N–H and O–H groups in total. The molecule has 3 aromatic rings. The fourth-order valence-electron chi connectivity index (χ4n) is 3.61. The summed E-state index contributed by atoms with van der Waals surface area (Å²) in [7, 11) is 0. The lowest BCUT2D eigenvalue weighted by atomic mass is 9.97. The predicted octanol–water partition coefficient (Wildman–Crippen LogP) is 2.41. The van der Waals surface area contributed by atoms with E-state index in [0.717, 1.165) is 29.9 Å². The van der Waals surface area contributed by atoms with Crippen molar-refractivity contribution in [2.75, 3.05) is 11.4 Å². The molecule has 1 aliphatic heterocycles. The van der Waals surface area contributed by atoms with Crippen LogP contribution in [0.2, 0.25) is 0 Å². The number of hydrogen-bond acceptors (Lipinski definition) is 6. The third-order valence-electron chi connectivity index (χ3n) is 5.36. The predicted molar refractivity (Wildman–Crippen MR) is 110 cm³/mol. The lowest BCUT2D eigenvalue weighted by molar-refractivity contribution is -0.120. The monoisotopic (exact) mass is 406 g/mol. The summed E-state index contributed by atoms with van der Waals surface area (Å²) in [4.78, 5) is 31.5. The van der Waals surface area contributed by atoms with Gasteiger partial charge in [0.25, 0.3) is 0 Å². The van der Waals surface area contributed by atoms with Gasteiger partial charge in [0.1, 0.15) is 23.5 Å². The first-order valence-corrected chi connectivity index (χ1v) is 9.93. The summed E-state index contributed by atoms with van der Waals surface area (Å²) in [5.41, 5.74) is 8.14. The molecule has 1 saturated heterocycles. The zero-order valence-corrected chi connectivity index (χ0v) is 16.7. The van der Waals surface area contributed by atoms with E-state index in [0.29, 0.717) is 24.5 Å². The molecule has 0 unspecified atom stereocenters. The van der Waals surface area contributed by atoms with Crippen LogP contribution in [-0.2, 0) is 17.6 Å². The molecule has 154 valence electrons. The second-order valence-electron chi connectivity index (χ2n) is 7.56. The van der Waals surface area contributed by atoms with Crippen molar-refractivity contribution >= 4 is 11.7 Å². The van der Waals surface area contributed by atoms with Gasteiger partial charge in [0.2, 0.25) is 5.91 Å². The van der Waals surface area contributed by atoms with Crippen molar-refractivity contribution in [3.05, 3.63) is 77.5 Å². The van der Waals surface area contributed by atoms with Gasteiger partial charge in [-0.15, -0.1) is 0 Å². The van der Waals surface area contributed by atoms with Gasteiger partial charge in [-0.05, 0) is 30.0 Å². The van der Waals surface area contributed by atoms with Crippen molar-refractivity contribution in [2.24, 2.45) is 5.73 Å². The molecular formula is C22H23FN6O. The molecule has 1 aromatic carbocycles. The molecule has 7 nitrogen and oxygen atoms in total. The van der Waals surface area contributed by atoms with Crippen LogP contribution in [-0.4, -0.2) is 38.4 Å². The van der Waals surface area contributed by atoms with Crippen molar-refractivity contribution in [1.82, 2.24) is 19.9 Å². The minimum atomic E-state index is -0.350. The summed E-state index contributed by atoms with van der Waals surface area (Å²) < 4.78 is 13.2. The molecule has 0 saturated carbocycles. The number of halogens is 1. The van der Waals surface area contributed by atoms with E-state index in [4.69, 9.17) is 15.7 Å². The Kier molecular flexibility index (Phi) is 5.65. The highest BCUT2D eigenvalue weighted by Gasteiger charge is 2.34. The number of nitrogens with zero attached hydrogens (tertiary/aromatic N) is 5. The number of hydrogen-bond donors (Lipinski definition) is 1. The van der Waals surface area contributed by atoms with Gasteiger partial charge in [-0.25, -0.2) is 14.4 Å². The van der Waals surface area contributed by atoms with Crippen LogP contribution in [0.4, 0.5) is 10.2 Å². The second-order valence-corrected chi connectivity index (χ2v) is 7.56. The topological polar surface area (TPSA) is 97.9 Å². The van der Waals surface area contributed by atoms with Gasteiger partial charge < -0.3 is 10.6 Å². The van der Waals surface area contributed by atoms with Crippen molar-refractivity contribution in [2.45, 2.75) is 38.1 Å². The Morgan fingerprint density at radius 2 is 2.03 bits per heavy atom. The Bertz CT molecular complexity index is 1030. The number of nitrogens with two attached hydrogens (primary N) is 1. The molecule has 4 rings (SSSR count). The van der Waals surface area contributed by atoms with Crippen molar-refractivity contribution in [3.8, 4) is 0 Å². The summed E-state index contributed by atoms with van der Waals surface area (Å²) in [5.74, 6) is 0.856. The maximum absolute atomic E-state index is 13.2. The number of primary amides is 1. The number of aromatic nitrogens is 4. The average Bonchev–Trinajstić information content (AvgIpc) is 2.68. The van der Waals surface area contributed by atoms with Gasteiger partial charge >= 0.3 is 0 Å². The third-order valence-corrected chi connectivity index (χ3v) is 5.36. The molecule has 2 atom stereocenters. The number of amides is 1. The van der Waals surface area contributed by atoms with E-state index in [1.165, 1.54) is 12.1 Å². The lowest BCUT2D eigenvalue weighted by Crippen LogP contribution is -2.55. The third kappa shape index (κ3) is 4.42. The zero-order valence-electron chi connectivity index (χ0n) is 16.7. The first kappa shape index (κ1) is 19.9. The summed E-state index contributed by atoms with van der Waals surface area (Å²) in [5, 5.41) is 0. The van der Waals surface area contributed by atoms with Gasteiger partial charge in [0, 0.05) is 44.0 Å². The summed E-state index contributed by atoms with van der Waals surface area (Å²) >= 11 is 0. The smallest absolute Gasteiger partial charge is 0.240 e. The maximum atomic E-state index is 13.2. The fraction of sp³-hybridized carbons (Fsp3) is 0.318. The van der Waals surface area contributed by atoms with Gasteiger partial charge in [-0.1, -0.05) is 19.1 Å². The molecule has 1 amide bonds. The van der Waals surface area contributed by atoms with Crippen LogP contribution < -0.4 is 10.6 Å². The molecule has 0 aliphatic carbocycles. The molecule has 0 bridgehead atoms. The lowest BCUT2D eigenvalue weighted by Gasteiger charge is -2.40. The standard InChI is InChI=1S/C22H23FN6O/c1-14(15-2-4-16(23)5-3-15)10-20-27-17(11-18-13-25-7-8-26-18)12-21(28-20)29-9-6-19(29)22(24)30/h2-5,7-8,12-14,19H,6,9-11H2,1H3,(H2,24,30)/t14-,19+/m1/s1. The van der Waals surface area contributed by atoms with Crippen LogP contribution in [0.15, 0.2) is 48.9 Å². The first-order chi connectivity index (χ1) is 14.5. The Balaban J connectivity index is 1.62. The molecule has 0 spiro atoms. The SMILES string of the molecule is C[C@H](Cc1nc(Cc2cnccn2)cc(N2CC[C@H]2C(N)=O)n1)c1ccc(F)cc1. The molecule has 2 aromatic heterocycles. The Morgan fingerprint density at radius 1 is 1.23 bits per heavy atom. The average molecular weight is 406 g/mol. The van der Waals surface area contributed by atoms with E-state index in [1.807, 2.05) is 11.0 Å². The quantitative estimate of drug-likeness (QED) is 0.647. The molecule has 1 aliphatic rings. The summed E-state index contributed by atoms with van der Waals surface area (Å²) in [6, 6.07) is 8.02. The van der Waals surface area contributed by atoms with Gasteiger partial charge in [0.05, 0.1) is 11.4 Å². The first-order valence-electron chi connectivity index (χ1n) is 9.93. The number of carbonyl (C=O) groups excluding carboxylic acids is 1. The molecule has 1 fully saturated rings. The highest BCUT2D eigenvalue weighted by molar-refractivity contribution is 5.85. The van der Waals surface area contributed by atoms with Gasteiger partial charge in [-0.3, -0.25) is 14.8 Å². The van der Waals surface area contributed by atoms with E-state index in [9.17, 15) is 9.18 Å². The highest BCUT2D eigenvalue weighted by Crippen LogP contribution is 2.27. The van der Waals surface area contributed by atoms with E-state index >= 15 is 0 Å². The fourth-order valence-corrected chi connectivity index (χ4v) is 3.61. The minimum Gasteiger partial charge on any atom is -0.368 e. The zero-order chi connectivity index (χ0) is 21.1.